The van der Waals surface area contributed by atoms with Gasteiger partial charge in [0.25, 0.3) is 5.91 Å². The van der Waals surface area contributed by atoms with Crippen LogP contribution in [0.2, 0.25) is 0 Å². The molecule has 2 aliphatic rings. The molecule has 0 radical (unpaired) electrons. The minimum absolute atomic E-state index is 0. The number of ether oxygens (including phenoxy) is 1. The summed E-state index contributed by atoms with van der Waals surface area (Å²) in [4.78, 5) is 31.9. The number of carbonyl (C=O) groups excluding carboxylic acids is 1. The number of phenols is 1. The summed E-state index contributed by atoms with van der Waals surface area (Å²) < 4.78 is 5.45. The lowest BCUT2D eigenvalue weighted by molar-refractivity contribution is 0.102. The van der Waals surface area contributed by atoms with E-state index in [1.807, 2.05) is 0 Å². The number of amides is 1. The first kappa shape index (κ1) is 39.0. The Kier molecular flexibility index (Phi) is 16.2. The first-order valence-corrected chi connectivity index (χ1v) is 13.3. The van der Waals surface area contributed by atoms with E-state index in [1.54, 1.807) is 50.4 Å². The molecule has 2 saturated heterocycles. The Balaban J connectivity index is -0.000000653. The molecule has 3 aromatic rings. The zero-order chi connectivity index (χ0) is 26.5. The van der Waals surface area contributed by atoms with Crippen molar-refractivity contribution in [3.8, 4) is 11.5 Å². The van der Waals surface area contributed by atoms with Crippen molar-refractivity contribution in [2.24, 2.45) is 0 Å². The summed E-state index contributed by atoms with van der Waals surface area (Å²) in [5, 5.41) is 16.6. The molecule has 14 nitrogen and oxygen atoms in total. The van der Waals surface area contributed by atoms with Crippen LogP contribution in [0.4, 0.5) is 29.2 Å². The Morgan fingerprint density at radius 1 is 0.837 bits per heavy atom. The van der Waals surface area contributed by atoms with E-state index in [1.165, 1.54) is 12.8 Å². The molecular weight excluding hydrogens is 574 g/mol. The van der Waals surface area contributed by atoms with E-state index in [0.29, 0.717) is 40.5 Å². The maximum atomic E-state index is 13.1. The number of hydrogen-bond donors (Lipinski definition) is 7. The highest BCUT2D eigenvalue weighted by atomic mass is 35.5. The summed E-state index contributed by atoms with van der Waals surface area (Å²) in [7, 11) is 1.59. The average molecular weight is 630 g/mol. The monoisotopic (exact) mass is 629 g/mol. The minimum Gasteiger partial charge on any atom is -0.507 e. The van der Waals surface area contributed by atoms with Gasteiger partial charge in [0.15, 0.2) is 0 Å². The Labute approximate surface area is 265 Å². The SMILES string of the molecule is COc1ccc(NC(=O)c2cccc(C)c2O)c(Nc2nc(N3CCCCC3)nc(N3CCCCC3)n2)c1.Cl.N.N.N.N.[HH].[HH].[HH].[HH]. The van der Waals surface area contributed by atoms with E-state index in [2.05, 4.69) is 20.4 Å². The Morgan fingerprint density at radius 2 is 1.40 bits per heavy atom. The first-order valence-electron chi connectivity index (χ1n) is 13.3. The second kappa shape index (κ2) is 17.9. The highest BCUT2D eigenvalue weighted by Gasteiger charge is 2.21. The largest absolute Gasteiger partial charge is 0.507 e. The van der Waals surface area contributed by atoms with E-state index >= 15 is 0 Å². The van der Waals surface area contributed by atoms with Crippen molar-refractivity contribution in [3.05, 3.63) is 47.5 Å². The van der Waals surface area contributed by atoms with Gasteiger partial charge in [0.1, 0.15) is 11.5 Å². The number of nitrogens with one attached hydrogen (secondary N) is 2. The molecule has 2 aromatic carbocycles. The van der Waals surface area contributed by atoms with Gasteiger partial charge in [0, 0.05) is 38.0 Å². The Morgan fingerprint density at radius 3 is 1.93 bits per heavy atom. The number of anilines is 5. The molecule has 0 unspecified atom stereocenters. The van der Waals surface area contributed by atoms with Gasteiger partial charge in [0.05, 0.1) is 24.0 Å². The first-order chi connectivity index (χ1) is 18.5. The van der Waals surface area contributed by atoms with Crippen LogP contribution in [0.15, 0.2) is 36.4 Å². The zero-order valence-electron chi connectivity index (χ0n) is 25.3. The van der Waals surface area contributed by atoms with Crippen molar-refractivity contribution in [1.82, 2.24) is 39.6 Å². The Bertz CT molecular complexity index is 1290. The van der Waals surface area contributed by atoms with Crippen LogP contribution in [0.5, 0.6) is 11.5 Å². The number of phenolic OH excluding ortho intramolecular Hbond substituents is 1. The lowest BCUT2D eigenvalue weighted by atomic mass is 10.1. The molecule has 2 aliphatic heterocycles. The number of nitrogens with zero attached hydrogens (tertiary/aromatic N) is 5. The third kappa shape index (κ3) is 9.27. The van der Waals surface area contributed by atoms with E-state index in [9.17, 15) is 9.90 Å². The van der Waals surface area contributed by atoms with Crippen LogP contribution in [0, 0.1) is 6.92 Å². The van der Waals surface area contributed by atoms with Gasteiger partial charge in [-0.15, -0.1) is 12.4 Å². The number of hydrogen-bond acceptors (Lipinski definition) is 13. The van der Waals surface area contributed by atoms with Gasteiger partial charge in [-0.1, -0.05) is 12.1 Å². The third-order valence-corrected chi connectivity index (χ3v) is 7.09. The molecule has 5 rings (SSSR count). The molecule has 1 aromatic heterocycles. The highest BCUT2D eigenvalue weighted by molar-refractivity contribution is 6.08. The van der Waals surface area contributed by atoms with Crippen LogP contribution in [0.3, 0.4) is 0 Å². The summed E-state index contributed by atoms with van der Waals surface area (Å²) in [6.07, 6.45) is 6.90. The fraction of sp³-hybridized carbons (Fsp3) is 0.429. The molecular formula is C28H56ClN11O3. The number of rotatable bonds is 7. The smallest absolute Gasteiger partial charge is 0.259 e. The van der Waals surface area contributed by atoms with Crippen LogP contribution in [-0.4, -0.2) is 59.3 Å². The van der Waals surface area contributed by atoms with Crippen molar-refractivity contribution in [1.29, 1.82) is 0 Å². The molecule has 43 heavy (non-hydrogen) atoms. The molecule has 15 heteroatoms. The van der Waals surface area contributed by atoms with Gasteiger partial charge in [-0.05, 0) is 69.2 Å². The summed E-state index contributed by atoms with van der Waals surface area (Å²) in [5.41, 5.74) is 1.92. The topological polar surface area (TPSA) is 256 Å². The van der Waals surface area contributed by atoms with Crippen LogP contribution in [-0.2, 0) is 0 Å². The lowest BCUT2D eigenvalue weighted by Gasteiger charge is -2.30. The van der Waals surface area contributed by atoms with Gasteiger partial charge < -0.3 is 54.9 Å². The maximum Gasteiger partial charge on any atom is 0.259 e. The van der Waals surface area contributed by atoms with E-state index in [-0.39, 0.29) is 54.0 Å². The second-order valence-electron chi connectivity index (χ2n) is 9.82. The van der Waals surface area contributed by atoms with Crippen molar-refractivity contribution >= 4 is 47.5 Å². The van der Waals surface area contributed by atoms with Crippen molar-refractivity contribution in [2.45, 2.75) is 45.4 Å². The minimum atomic E-state index is -0.418. The van der Waals surface area contributed by atoms with Crippen LogP contribution in [0.1, 0.15) is 60.2 Å². The molecule has 0 atom stereocenters. The van der Waals surface area contributed by atoms with Crippen molar-refractivity contribution in [2.75, 3.05) is 53.7 Å². The van der Waals surface area contributed by atoms with E-state index < -0.39 is 5.91 Å². The van der Waals surface area contributed by atoms with E-state index in [4.69, 9.17) is 19.7 Å². The fourth-order valence-corrected chi connectivity index (χ4v) is 4.90. The van der Waals surface area contributed by atoms with E-state index in [0.717, 1.165) is 51.9 Å². The fourth-order valence-electron chi connectivity index (χ4n) is 4.90. The number of halogens is 1. The quantitative estimate of drug-likeness (QED) is 0.140. The highest BCUT2D eigenvalue weighted by Crippen LogP contribution is 2.32. The molecule has 15 N–H and O–H groups in total. The normalized spacial score (nSPS) is 13.9. The molecule has 0 saturated carbocycles. The summed E-state index contributed by atoms with van der Waals surface area (Å²) >= 11 is 0. The molecule has 0 aliphatic carbocycles. The number of aryl methyl sites for hydroxylation is 1. The third-order valence-electron chi connectivity index (χ3n) is 7.09. The number of para-hydroxylation sites is 1. The molecule has 0 bridgehead atoms. The molecule has 3 heterocycles. The van der Waals surface area contributed by atoms with Gasteiger partial charge in [-0.2, -0.15) is 15.0 Å². The summed E-state index contributed by atoms with van der Waals surface area (Å²) in [6.45, 7) is 5.44. The number of benzene rings is 2. The number of methoxy groups -OCH3 is 1. The van der Waals surface area contributed by atoms with Crippen molar-refractivity contribution < 1.29 is 20.3 Å². The predicted molar refractivity (Wildman–Crippen MR) is 185 cm³/mol. The number of aromatic nitrogens is 3. The van der Waals surface area contributed by atoms with Crippen LogP contribution >= 0.6 is 12.4 Å². The lowest BCUT2D eigenvalue weighted by Crippen LogP contribution is -2.34. The summed E-state index contributed by atoms with van der Waals surface area (Å²) in [5.74, 6) is 1.90. The zero-order valence-corrected chi connectivity index (χ0v) is 26.1. The molecule has 0 spiro atoms. The molecule has 248 valence electrons. The summed E-state index contributed by atoms with van der Waals surface area (Å²) in [6, 6.07) is 10.4. The molecule has 1 amide bonds. The van der Waals surface area contributed by atoms with Gasteiger partial charge in [0.2, 0.25) is 17.8 Å². The van der Waals surface area contributed by atoms with Gasteiger partial charge in [-0.3, -0.25) is 4.79 Å². The van der Waals surface area contributed by atoms with Gasteiger partial charge >= 0.3 is 0 Å². The number of piperidine rings is 2. The predicted octanol–water partition coefficient (Wildman–Crippen LogP) is 6.92. The molecule has 2 fully saturated rings. The number of aromatic hydroxyl groups is 1. The second-order valence-corrected chi connectivity index (χ2v) is 9.82. The van der Waals surface area contributed by atoms with Gasteiger partial charge in [-0.25, -0.2) is 0 Å². The maximum absolute atomic E-state index is 13.1. The van der Waals surface area contributed by atoms with Crippen LogP contribution in [0.25, 0.3) is 0 Å². The van der Waals surface area contributed by atoms with Crippen molar-refractivity contribution in [3.63, 3.8) is 0 Å². The standard InChI is InChI=1S/C28H35N7O3.ClH.4H3N.4H2/c1-19-10-9-11-21(24(19)36)25(37)29-22-13-12-20(38-2)18-23(22)30-26-31-27(34-14-5-3-6-15-34)33-28(32-26)35-16-7-4-8-17-35;;;;;;;;;/h9-13,18,36H,3-8,14-17H2,1-2H3,(H,29,37)(H,30,31,32,33);1H;4*1H3;4*1H. The average Bonchev–Trinajstić information content (AvgIpc) is 2.96. The van der Waals surface area contributed by atoms with Crippen LogP contribution < -0.4 is 49.8 Å². The number of carbonyl (C=O) groups is 1. The Hall–Kier alpha value is -3.95.